The van der Waals surface area contributed by atoms with E-state index in [9.17, 15) is 0 Å². The van der Waals surface area contributed by atoms with Crippen LogP contribution in [0.5, 0.6) is 28.7 Å². The maximum Gasteiger partial charge on any atom is 0.250 e. The minimum Gasteiger partial charge on any atom is -0.543 e. The lowest BCUT2D eigenvalue weighted by molar-refractivity contribution is 0.131. The minimum absolute atomic E-state index is 0.0123. The molecular weight excluding hydrogens is 759 g/mol. The Kier molecular flexibility index (Phi) is 13.1. The van der Waals surface area contributed by atoms with Crippen LogP contribution in [0.3, 0.4) is 0 Å². The molecule has 0 aliphatic carbocycles. The second-order valence-corrected chi connectivity index (χ2v) is 41.2. The Morgan fingerprint density at radius 3 is 1.52 bits per heavy atom. The quantitative estimate of drug-likeness (QED) is 0.183. The summed E-state index contributed by atoms with van der Waals surface area (Å²) in [6, 6.07) is 21.4. The molecule has 1 N–H and O–H groups in total. The van der Waals surface area contributed by atoms with Crippen LogP contribution < -0.4 is 27.8 Å². The third-order valence-corrected chi connectivity index (χ3v) is 31.0. The van der Waals surface area contributed by atoms with Crippen LogP contribution in [0.15, 0.2) is 60.7 Å². The molecule has 0 unspecified atom stereocenters. The monoisotopic (exact) mass is 835 g/mol. The van der Waals surface area contributed by atoms with Gasteiger partial charge in [-0.3, -0.25) is 0 Å². The molecule has 1 heterocycles. The highest BCUT2D eigenvalue weighted by Gasteiger charge is 2.45. The van der Waals surface area contributed by atoms with Crippen molar-refractivity contribution in [2.75, 3.05) is 0 Å². The Morgan fingerprint density at radius 1 is 0.554 bits per heavy atom. The van der Waals surface area contributed by atoms with E-state index in [4.69, 9.17) is 22.4 Å². The maximum atomic E-state index is 7.28. The fourth-order valence-corrected chi connectivity index (χ4v) is 9.61. The molecule has 0 amide bonds. The van der Waals surface area contributed by atoms with E-state index in [0.29, 0.717) is 6.54 Å². The summed E-state index contributed by atoms with van der Waals surface area (Å²) < 4.78 is 35.6. The van der Waals surface area contributed by atoms with E-state index in [1.807, 2.05) is 0 Å². The fourth-order valence-electron chi connectivity index (χ4n) is 5.52. The highest BCUT2D eigenvalue weighted by Crippen LogP contribution is 2.49. The molecule has 3 aromatic rings. The zero-order chi connectivity index (χ0) is 42.5. The van der Waals surface area contributed by atoms with Crippen molar-refractivity contribution in [1.82, 2.24) is 5.32 Å². The van der Waals surface area contributed by atoms with E-state index < -0.39 is 33.3 Å². The molecule has 3 aromatic carbocycles. The Labute approximate surface area is 346 Å². The summed E-state index contributed by atoms with van der Waals surface area (Å²) in [5.74, 6) is 4.16. The van der Waals surface area contributed by atoms with Gasteiger partial charge >= 0.3 is 0 Å². The van der Waals surface area contributed by atoms with Crippen LogP contribution in [0.1, 0.15) is 106 Å². The molecule has 0 radical (unpaired) electrons. The first kappa shape index (κ1) is 46.2. The number of hydrogen-bond donors (Lipinski definition) is 1. The van der Waals surface area contributed by atoms with Gasteiger partial charge in [0, 0.05) is 24.2 Å². The first-order valence-electron chi connectivity index (χ1n) is 20.8. The molecule has 1 aliphatic heterocycles. The van der Waals surface area contributed by atoms with E-state index in [1.54, 1.807) is 0 Å². The van der Waals surface area contributed by atoms with E-state index in [-0.39, 0.29) is 32.3 Å². The topological polar surface area (TPSA) is 58.2 Å². The van der Waals surface area contributed by atoms with Gasteiger partial charge in [0.05, 0.1) is 6.04 Å². The number of benzene rings is 3. The van der Waals surface area contributed by atoms with Crippen LogP contribution in [0.4, 0.5) is 0 Å². The molecule has 56 heavy (non-hydrogen) atoms. The number of ether oxygens (including phenoxy) is 1. The van der Waals surface area contributed by atoms with Gasteiger partial charge in [0.2, 0.25) is 16.6 Å². The van der Waals surface area contributed by atoms with Crippen LogP contribution in [-0.4, -0.2) is 39.3 Å². The van der Waals surface area contributed by atoms with Crippen molar-refractivity contribution in [1.29, 1.82) is 0 Å². The van der Waals surface area contributed by atoms with Crippen molar-refractivity contribution in [2.24, 2.45) is 0 Å². The highest BCUT2D eigenvalue weighted by molar-refractivity contribution is 6.76. The molecular formula is C46H77NO5Si4. The van der Waals surface area contributed by atoms with Crippen molar-refractivity contribution in [3.8, 4) is 28.7 Å². The molecule has 0 bridgehead atoms. The number of hydrogen-bond acceptors (Lipinski definition) is 6. The Balaban J connectivity index is 1.92. The Bertz CT molecular complexity index is 1810. The summed E-state index contributed by atoms with van der Waals surface area (Å²) >= 11 is 0. The van der Waals surface area contributed by atoms with Crippen LogP contribution >= 0.6 is 0 Å². The number of nitrogens with one attached hydrogen (secondary N) is 1. The molecule has 0 aromatic heterocycles. The lowest BCUT2D eigenvalue weighted by Crippen LogP contribution is -2.46. The van der Waals surface area contributed by atoms with Crippen molar-refractivity contribution in [3.63, 3.8) is 0 Å². The van der Waals surface area contributed by atoms with Crippen LogP contribution in [0, 0.1) is 0 Å². The highest BCUT2D eigenvalue weighted by atomic mass is 28.4. The molecule has 6 nitrogen and oxygen atoms in total. The first-order chi connectivity index (χ1) is 25.2. The standard InChI is InChI=1S/C46H77NO5Si4/c1-43(2,3)53(13,14)49-35-29-39-36(40(30-35)51-55(17,18)45(7,8)9)31-37(47-32-33-24-22-21-23-25-33)42(48-39)34-26-27-38(50-54(15,16)44(4,5)6)41(28-34)52-56(19,20)46(10,11)12/h21-30,37,42,47H,31-32H2,1-20H3/t37-,42+/m0/s1. The Hall–Kier alpha value is -2.51. The number of rotatable bonds is 12. The van der Waals surface area contributed by atoms with Gasteiger partial charge in [-0.25, -0.2) is 0 Å². The summed E-state index contributed by atoms with van der Waals surface area (Å²) in [5.41, 5.74) is 3.38. The van der Waals surface area contributed by atoms with Gasteiger partial charge in [-0.2, -0.15) is 0 Å². The molecule has 0 spiro atoms. The fraction of sp³-hybridized carbons (Fsp3) is 0.609. The first-order valence-corrected chi connectivity index (χ1v) is 32.4. The molecule has 2 atom stereocenters. The summed E-state index contributed by atoms with van der Waals surface area (Å²) in [4.78, 5) is 0. The van der Waals surface area contributed by atoms with Gasteiger partial charge in [0.1, 0.15) is 34.9 Å². The molecule has 0 fully saturated rings. The largest absolute Gasteiger partial charge is 0.543 e. The molecule has 0 saturated heterocycles. The van der Waals surface area contributed by atoms with E-state index in [2.05, 4.69) is 201 Å². The van der Waals surface area contributed by atoms with Crippen LogP contribution in [0.2, 0.25) is 72.5 Å². The molecule has 10 heteroatoms. The van der Waals surface area contributed by atoms with Gasteiger partial charge in [-0.05, 0) is 102 Å². The van der Waals surface area contributed by atoms with Gasteiger partial charge in [-0.1, -0.05) is 119 Å². The lowest BCUT2D eigenvalue weighted by atomic mass is 9.91. The van der Waals surface area contributed by atoms with Gasteiger partial charge in [0.15, 0.2) is 0 Å². The second kappa shape index (κ2) is 15.9. The zero-order valence-electron chi connectivity index (χ0n) is 38.9. The lowest BCUT2D eigenvalue weighted by Gasteiger charge is -2.41. The average molecular weight is 836 g/mol. The van der Waals surface area contributed by atoms with Crippen molar-refractivity contribution < 1.29 is 22.4 Å². The van der Waals surface area contributed by atoms with Gasteiger partial charge in [-0.15, -0.1) is 0 Å². The Morgan fingerprint density at radius 2 is 1.02 bits per heavy atom. The van der Waals surface area contributed by atoms with Crippen molar-refractivity contribution >= 4 is 33.3 Å². The number of fused-ring (bicyclic) bond motifs is 1. The zero-order valence-corrected chi connectivity index (χ0v) is 42.9. The summed E-state index contributed by atoms with van der Waals surface area (Å²) in [7, 11) is -8.82. The molecule has 312 valence electrons. The summed E-state index contributed by atoms with van der Waals surface area (Å²) in [5, 5.41) is 4.04. The molecule has 0 saturated carbocycles. The third-order valence-electron chi connectivity index (χ3n) is 13.6. The van der Waals surface area contributed by atoms with Gasteiger partial charge in [0.25, 0.3) is 16.6 Å². The van der Waals surface area contributed by atoms with Crippen LogP contribution in [0.25, 0.3) is 0 Å². The third kappa shape index (κ3) is 10.6. The molecule has 1 aliphatic rings. The normalized spacial score (nSPS) is 17.5. The van der Waals surface area contributed by atoms with Gasteiger partial charge < -0.3 is 27.8 Å². The average Bonchev–Trinajstić information content (AvgIpc) is 3.02. The van der Waals surface area contributed by atoms with E-state index in [1.165, 1.54) is 5.56 Å². The molecule has 4 rings (SSSR count). The predicted octanol–water partition coefficient (Wildman–Crippen LogP) is 14.1. The van der Waals surface area contributed by atoms with E-state index >= 15 is 0 Å². The SMILES string of the molecule is CC(C)(C)[Si](C)(C)Oc1cc2c(c(O[Si](C)(C)C(C)(C)C)c1)C[C@H](NCc1ccccc1)[C@@H](c1ccc(O[Si](C)(C)C(C)(C)C)c(O[Si](C)(C)C(C)(C)C)c1)O2. The minimum atomic E-state index is -2.24. The maximum absolute atomic E-state index is 7.28. The van der Waals surface area contributed by atoms with Crippen molar-refractivity contribution in [3.05, 3.63) is 77.4 Å². The smallest absolute Gasteiger partial charge is 0.250 e. The van der Waals surface area contributed by atoms with Crippen LogP contribution in [-0.2, 0) is 13.0 Å². The predicted molar refractivity (Wildman–Crippen MR) is 248 cm³/mol. The summed E-state index contributed by atoms with van der Waals surface area (Å²) in [6.07, 6.45) is 0.427. The second-order valence-electron chi connectivity index (χ2n) is 22.3. The van der Waals surface area contributed by atoms with Crippen molar-refractivity contribution in [2.45, 2.75) is 181 Å². The summed E-state index contributed by atoms with van der Waals surface area (Å²) in [6.45, 7) is 46.6. The van der Waals surface area contributed by atoms with E-state index in [0.717, 1.165) is 46.3 Å².